The smallest absolute Gasteiger partial charge is 0.0314 e. The molecule has 0 amide bonds. The van der Waals surface area contributed by atoms with Gasteiger partial charge < -0.3 is 5.73 Å². The zero-order valence-electron chi connectivity index (χ0n) is 14.5. The Bertz CT molecular complexity index is 931. The maximum atomic E-state index is 5.92. The Morgan fingerprint density at radius 2 is 1.32 bits per heavy atom. The van der Waals surface area contributed by atoms with Crippen molar-refractivity contribution in [2.45, 2.75) is 37.5 Å². The van der Waals surface area contributed by atoms with E-state index in [9.17, 15) is 0 Å². The Morgan fingerprint density at radius 1 is 0.640 bits per heavy atom. The van der Waals surface area contributed by atoms with Crippen molar-refractivity contribution in [3.8, 4) is 22.3 Å². The van der Waals surface area contributed by atoms with Gasteiger partial charge in [0.1, 0.15) is 0 Å². The number of benzene rings is 3. The van der Waals surface area contributed by atoms with E-state index < -0.39 is 0 Å². The number of hydrogen-bond donors (Lipinski definition) is 1. The minimum atomic E-state index is 0.197. The van der Waals surface area contributed by atoms with Gasteiger partial charge in [-0.2, -0.15) is 0 Å². The lowest BCUT2D eigenvalue weighted by Crippen LogP contribution is -2.28. The van der Waals surface area contributed by atoms with Crippen LogP contribution in [0.25, 0.3) is 22.3 Å². The summed E-state index contributed by atoms with van der Waals surface area (Å²) in [7, 11) is 0. The SMILES string of the molecule is Nc1ccc(-c2cccc3c2C2(CCCCC2)c2ccccc2-3)cc1. The molecule has 1 spiro atoms. The summed E-state index contributed by atoms with van der Waals surface area (Å²) >= 11 is 0. The fraction of sp³-hybridized carbons (Fsp3) is 0.250. The molecule has 0 aromatic heterocycles. The predicted octanol–water partition coefficient (Wildman–Crippen LogP) is 6.17. The molecule has 0 aliphatic heterocycles. The highest BCUT2D eigenvalue weighted by atomic mass is 14.5. The van der Waals surface area contributed by atoms with Gasteiger partial charge in [-0.05, 0) is 58.4 Å². The number of anilines is 1. The van der Waals surface area contributed by atoms with Gasteiger partial charge in [0.25, 0.3) is 0 Å². The van der Waals surface area contributed by atoms with Crippen molar-refractivity contribution in [2.24, 2.45) is 0 Å². The highest BCUT2D eigenvalue weighted by Crippen LogP contribution is 2.58. The highest BCUT2D eigenvalue weighted by Gasteiger charge is 2.44. The second kappa shape index (κ2) is 5.49. The van der Waals surface area contributed by atoms with Gasteiger partial charge in [-0.3, -0.25) is 0 Å². The molecule has 0 heterocycles. The first-order valence-electron chi connectivity index (χ1n) is 9.39. The van der Waals surface area contributed by atoms with Gasteiger partial charge in [-0.1, -0.05) is 73.9 Å². The second-order valence-corrected chi connectivity index (χ2v) is 7.54. The van der Waals surface area contributed by atoms with Crippen LogP contribution >= 0.6 is 0 Å². The minimum absolute atomic E-state index is 0.197. The van der Waals surface area contributed by atoms with Crippen molar-refractivity contribution in [3.05, 3.63) is 77.9 Å². The first-order valence-corrected chi connectivity index (χ1v) is 9.39. The molecule has 2 N–H and O–H groups in total. The molecular weight excluding hydrogens is 302 g/mol. The maximum absolute atomic E-state index is 5.92. The summed E-state index contributed by atoms with van der Waals surface area (Å²) in [6.45, 7) is 0. The van der Waals surface area contributed by atoms with E-state index in [1.807, 2.05) is 12.1 Å². The van der Waals surface area contributed by atoms with Gasteiger partial charge in [0.2, 0.25) is 0 Å². The van der Waals surface area contributed by atoms with Crippen LogP contribution in [0.2, 0.25) is 0 Å². The van der Waals surface area contributed by atoms with Gasteiger partial charge in [-0.25, -0.2) is 0 Å². The van der Waals surface area contributed by atoms with Crippen LogP contribution in [0.1, 0.15) is 43.2 Å². The van der Waals surface area contributed by atoms with Gasteiger partial charge in [0.05, 0.1) is 0 Å². The van der Waals surface area contributed by atoms with Crippen LogP contribution in [0, 0.1) is 0 Å². The van der Waals surface area contributed by atoms with Crippen LogP contribution < -0.4 is 5.73 Å². The first-order chi connectivity index (χ1) is 12.3. The van der Waals surface area contributed by atoms with E-state index in [2.05, 4.69) is 54.6 Å². The summed E-state index contributed by atoms with van der Waals surface area (Å²) in [6, 6.07) is 24.3. The van der Waals surface area contributed by atoms with Crippen molar-refractivity contribution in [3.63, 3.8) is 0 Å². The highest BCUT2D eigenvalue weighted by molar-refractivity contribution is 5.88. The lowest BCUT2D eigenvalue weighted by atomic mass is 9.66. The van der Waals surface area contributed by atoms with Crippen molar-refractivity contribution in [2.75, 3.05) is 5.73 Å². The Labute approximate surface area is 149 Å². The van der Waals surface area contributed by atoms with E-state index in [4.69, 9.17) is 5.73 Å². The van der Waals surface area contributed by atoms with E-state index >= 15 is 0 Å². The van der Waals surface area contributed by atoms with Crippen LogP contribution in [0.5, 0.6) is 0 Å². The fourth-order valence-electron chi connectivity index (χ4n) is 5.14. The standard InChI is InChI=1S/C24H23N/c25-18-13-11-17(12-14-18)19-8-6-9-21-20-7-2-3-10-22(20)24(23(19)21)15-4-1-5-16-24/h2-3,6-14H,1,4-5,15-16,25H2. The molecule has 1 fully saturated rings. The normalized spacial score (nSPS) is 17.3. The molecule has 124 valence electrons. The fourth-order valence-corrected chi connectivity index (χ4v) is 5.14. The Hall–Kier alpha value is -2.54. The molecule has 0 unspecified atom stereocenters. The second-order valence-electron chi connectivity index (χ2n) is 7.54. The zero-order valence-corrected chi connectivity index (χ0v) is 14.5. The summed E-state index contributed by atoms with van der Waals surface area (Å²) in [5.41, 5.74) is 15.6. The monoisotopic (exact) mass is 325 g/mol. The molecule has 1 heteroatoms. The molecule has 0 radical (unpaired) electrons. The molecule has 2 aliphatic carbocycles. The number of rotatable bonds is 1. The molecule has 25 heavy (non-hydrogen) atoms. The molecule has 0 bridgehead atoms. The third-order valence-corrected chi connectivity index (χ3v) is 6.20. The third kappa shape index (κ3) is 2.08. The number of nitrogen functional groups attached to an aromatic ring is 1. The largest absolute Gasteiger partial charge is 0.399 e. The van der Waals surface area contributed by atoms with Crippen LogP contribution in [-0.4, -0.2) is 0 Å². The quantitative estimate of drug-likeness (QED) is 0.532. The molecule has 5 rings (SSSR count). The van der Waals surface area contributed by atoms with Crippen LogP contribution in [-0.2, 0) is 5.41 Å². The van der Waals surface area contributed by atoms with Gasteiger partial charge in [-0.15, -0.1) is 0 Å². The van der Waals surface area contributed by atoms with E-state index in [0.717, 1.165) is 5.69 Å². The van der Waals surface area contributed by atoms with Crippen molar-refractivity contribution >= 4 is 5.69 Å². The molecule has 1 saturated carbocycles. The van der Waals surface area contributed by atoms with Crippen LogP contribution in [0.3, 0.4) is 0 Å². The van der Waals surface area contributed by atoms with Crippen LogP contribution in [0.4, 0.5) is 5.69 Å². The van der Waals surface area contributed by atoms with Gasteiger partial charge in [0.15, 0.2) is 0 Å². The minimum Gasteiger partial charge on any atom is -0.399 e. The first kappa shape index (κ1) is 14.8. The Kier molecular flexibility index (Phi) is 3.24. The lowest BCUT2D eigenvalue weighted by Gasteiger charge is -2.37. The summed E-state index contributed by atoms with van der Waals surface area (Å²) in [6.07, 6.45) is 6.54. The topological polar surface area (TPSA) is 26.0 Å². The van der Waals surface area contributed by atoms with Gasteiger partial charge >= 0.3 is 0 Å². The molecule has 3 aromatic rings. The number of fused-ring (bicyclic) bond motifs is 5. The van der Waals surface area contributed by atoms with Gasteiger partial charge in [0, 0.05) is 11.1 Å². The number of nitrogens with two attached hydrogens (primary N) is 1. The Balaban J connectivity index is 1.81. The van der Waals surface area contributed by atoms with Crippen molar-refractivity contribution in [1.82, 2.24) is 0 Å². The lowest BCUT2D eigenvalue weighted by molar-refractivity contribution is 0.353. The zero-order chi connectivity index (χ0) is 16.9. The maximum Gasteiger partial charge on any atom is 0.0314 e. The summed E-state index contributed by atoms with van der Waals surface area (Å²) in [5.74, 6) is 0. The third-order valence-electron chi connectivity index (χ3n) is 6.20. The molecule has 1 nitrogen and oxygen atoms in total. The molecule has 3 aromatic carbocycles. The van der Waals surface area contributed by atoms with E-state index in [1.165, 1.54) is 54.4 Å². The van der Waals surface area contributed by atoms with E-state index in [1.54, 1.807) is 11.1 Å². The predicted molar refractivity (Wildman–Crippen MR) is 106 cm³/mol. The molecular formula is C24H23N. The van der Waals surface area contributed by atoms with Crippen molar-refractivity contribution < 1.29 is 0 Å². The molecule has 0 atom stereocenters. The average molecular weight is 325 g/mol. The summed E-state index contributed by atoms with van der Waals surface area (Å²) in [5, 5.41) is 0. The molecule has 0 saturated heterocycles. The number of hydrogen-bond acceptors (Lipinski definition) is 1. The van der Waals surface area contributed by atoms with Crippen molar-refractivity contribution in [1.29, 1.82) is 0 Å². The summed E-state index contributed by atoms with van der Waals surface area (Å²) < 4.78 is 0. The van der Waals surface area contributed by atoms with Crippen LogP contribution in [0.15, 0.2) is 66.7 Å². The molecule has 2 aliphatic rings. The Morgan fingerprint density at radius 3 is 2.12 bits per heavy atom. The van der Waals surface area contributed by atoms with E-state index in [-0.39, 0.29) is 5.41 Å². The summed E-state index contributed by atoms with van der Waals surface area (Å²) in [4.78, 5) is 0. The van der Waals surface area contributed by atoms with E-state index in [0.29, 0.717) is 0 Å². The average Bonchev–Trinajstić information content (AvgIpc) is 2.94.